The van der Waals surface area contributed by atoms with Gasteiger partial charge in [-0.05, 0) is 11.3 Å². The van der Waals surface area contributed by atoms with E-state index in [1.54, 1.807) is 6.07 Å². The molecule has 1 N–H and O–H groups in total. The van der Waals surface area contributed by atoms with Crippen LogP contribution in [0, 0.1) is 21.4 Å². The topological polar surface area (TPSA) is 73.6 Å². The molecule has 1 unspecified atom stereocenters. The molecular formula is C15H24N2O4. The van der Waals surface area contributed by atoms with Crippen molar-refractivity contribution in [3.63, 3.8) is 0 Å². The van der Waals surface area contributed by atoms with E-state index in [1.807, 2.05) is 0 Å². The van der Waals surface area contributed by atoms with Crippen molar-refractivity contribution in [3.8, 4) is 11.5 Å². The Hall–Kier alpha value is -1.98. The predicted molar refractivity (Wildman–Crippen MR) is 83.3 cm³/mol. The molecule has 0 fully saturated rings. The van der Waals surface area contributed by atoms with Gasteiger partial charge in [0, 0.05) is 12.6 Å². The van der Waals surface area contributed by atoms with Crippen molar-refractivity contribution in [1.82, 2.24) is 0 Å². The molecule has 6 heteroatoms. The van der Waals surface area contributed by atoms with Crippen molar-refractivity contribution in [2.24, 2.45) is 11.3 Å². The molecule has 0 radical (unpaired) electrons. The number of benzene rings is 1. The molecule has 0 spiro atoms. The van der Waals surface area contributed by atoms with Crippen molar-refractivity contribution in [2.75, 3.05) is 26.1 Å². The van der Waals surface area contributed by atoms with Crippen molar-refractivity contribution >= 4 is 11.4 Å². The zero-order valence-corrected chi connectivity index (χ0v) is 13.5. The normalized spacial score (nSPS) is 12.7. The molecule has 0 aromatic heterocycles. The van der Waals surface area contributed by atoms with E-state index in [0.717, 1.165) is 0 Å². The molecule has 0 saturated carbocycles. The van der Waals surface area contributed by atoms with Gasteiger partial charge in [-0.2, -0.15) is 0 Å². The second kappa shape index (κ2) is 6.65. The molecule has 1 rings (SSSR count). The summed E-state index contributed by atoms with van der Waals surface area (Å²) in [4.78, 5) is 10.8. The lowest BCUT2D eigenvalue weighted by Gasteiger charge is -2.27. The average molecular weight is 296 g/mol. The Morgan fingerprint density at radius 1 is 1.24 bits per heavy atom. The van der Waals surface area contributed by atoms with Gasteiger partial charge in [-0.1, -0.05) is 27.7 Å². The number of hydrogen-bond donors (Lipinski definition) is 1. The summed E-state index contributed by atoms with van der Waals surface area (Å²) in [5, 5.41) is 14.4. The fourth-order valence-electron chi connectivity index (χ4n) is 1.73. The first-order valence-corrected chi connectivity index (χ1v) is 6.85. The Balaban J connectivity index is 3.07. The number of anilines is 1. The van der Waals surface area contributed by atoms with Crippen molar-refractivity contribution < 1.29 is 14.4 Å². The van der Waals surface area contributed by atoms with Gasteiger partial charge in [0.25, 0.3) is 5.69 Å². The highest BCUT2D eigenvalue weighted by atomic mass is 16.6. The summed E-state index contributed by atoms with van der Waals surface area (Å²) in [6.45, 7) is 9.17. The van der Waals surface area contributed by atoms with E-state index in [4.69, 9.17) is 9.47 Å². The van der Waals surface area contributed by atoms with Gasteiger partial charge in [0.1, 0.15) is 5.69 Å². The van der Waals surface area contributed by atoms with Crippen LogP contribution < -0.4 is 14.8 Å². The molecule has 0 aliphatic carbocycles. The number of rotatable bonds is 6. The Morgan fingerprint density at radius 2 is 1.76 bits per heavy atom. The number of hydrogen-bond acceptors (Lipinski definition) is 5. The lowest BCUT2D eigenvalue weighted by Crippen LogP contribution is -2.25. The van der Waals surface area contributed by atoms with E-state index in [1.165, 1.54) is 20.3 Å². The van der Waals surface area contributed by atoms with E-state index in [9.17, 15) is 10.1 Å². The standard InChI is InChI=1S/C15H24N2O4/c1-10(15(2,3)4)9-16-11-7-13(20-5)14(21-6)8-12(11)17(18)19/h7-8,10,16H,9H2,1-6H3. The Morgan fingerprint density at radius 3 is 2.19 bits per heavy atom. The summed E-state index contributed by atoms with van der Waals surface area (Å²) in [5.74, 6) is 1.16. The second-order valence-electron chi connectivity index (χ2n) is 6.13. The summed E-state index contributed by atoms with van der Waals surface area (Å²) in [6, 6.07) is 2.98. The Kier molecular flexibility index (Phi) is 5.41. The van der Waals surface area contributed by atoms with Gasteiger partial charge in [0.2, 0.25) is 0 Å². The number of methoxy groups -OCH3 is 2. The monoisotopic (exact) mass is 296 g/mol. The fraction of sp³-hybridized carbons (Fsp3) is 0.600. The van der Waals surface area contributed by atoms with Crippen LogP contribution in [0.15, 0.2) is 12.1 Å². The van der Waals surface area contributed by atoms with Gasteiger partial charge in [-0.25, -0.2) is 0 Å². The minimum atomic E-state index is -0.425. The van der Waals surface area contributed by atoms with Crippen molar-refractivity contribution in [1.29, 1.82) is 0 Å². The molecule has 1 aromatic rings. The highest BCUT2D eigenvalue weighted by Gasteiger charge is 2.23. The third kappa shape index (κ3) is 4.24. The molecule has 21 heavy (non-hydrogen) atoms. The molecule has 1 aromatic carbocycles. The van der Waals surface area contributed by atoms with E-state index >= 15 is 0 Å². The van der Waals surface area contributed by atoms with Gasteiger partial charge < -0.3 is 14.8 Å². The first kappa shape index (κ1) is 17.1. The molecule has 1 atom stereocenters. The summed E-state index contributed by atoms with van der Waals surface area (Å²) < 4.78 is 10.3. The lowest BCUT2D eigenvalue weighted by molar-refractivity contribution is -0.384. The molecule has 118 valence electrons. The number of ether oxygens (including phenoxy) is 2. The van der Waals surface area contributed by atoms with Gasteiger partial charge in [0.05, 0.1) is 25.2 Å². The van der Waals surface area contributed by atoms with Crippen LogP contribution in [0.25, 0.3) is 0 Å². The van der Waals surface area contributed by atoms with Crippen LogP contribution in [0.3, 0.4) is 0 Å². The number of nitrogens with one attached hydrogen (secondary N) is 1. The fourth-order valence-corrected chi connectivity index (χ4v) is 1.73. The summed E-state index contributed by atoms with van der Waals surface area (Å²) >= 11 is 0. The lowest BCUT2D eigenvalue weighted by atomic mass is 9.82. The van der Waals surface area contributed by atoms with Crippen molar-refractivity contribution in [2.45, 2.75) is 27.7 Å². The quantitative estimate of drug-likeness (QED) is 0.640. The highest BCUT2D eigenvalue weighted by molar-refractivity contribution is 5.68. The van der Waals surface area contributed by atoms with Gasteiger partial charge >= 0.3 is 0 Å². The summed E-state index contributed by atoms with van der Waals surface area (Å²) in [6.07, 6.45) is 0. The minimum absolute atomic E-state index is 0.0197. The van der Waals surface area contributed by atoms with Crippen LogP contribution in [0.4, 0.5) is 11.4 Å². The summed E-state index contributed by atoms with van der Waals surface area (Å²) in [5.41, 5.74) is 0.542. The molecule has 0 aliphatic rings. The van der Waals surface area contributed by atoms with E-state index in [0.29, 0.717) is 29.6 Å². The number of nitro groups is 1. The van der Waals surface area contributed by atoms with Gasteiger partial charge in [-0.15, -0.1) is 0 Å². The molecule has 0 heterocycles. The Bertz CT molecular complexity index is 509. The maximum Gasteiger partial charge on any atom is 0.296 e. The average Bonchev–Trinajstić information content (AvgIpc) is 2.42. The predicted octanol–water partition coefficient (Wildman–Crippen LogP) is 3.71. The molecule has 0 saturated heterocycles. The number of nitrogens with zero attached hydrogens (tertiary/aromatic N) is 1. The smallest absolute Gasteiger partial charge is 0.296 e. The van der Waals surface area contributed by atoms with Crippen LogP contribution in [0.5, 0.6) is 11.5 Å². The third-order valence-corrected chi connectivity index (χ3v) is 3.78. The van der Waals surface area contributed by atoms with Crippen LogP contribution in [0.2, 0.25) is 0 Å². The van der Waals surface area contributed by atoms with E-state index in [2.05, 4.69) is 33.0 Å². The maximum atomic E-state index is 11.2. The van der Waals surface area contributed by atoms with Gasteiger partial charge in [-0.3, -0.25) is 10.1 Å². The maximum absolute atomic E-state index is 11.2. The zero-order chi connectivity index (χ0) is 16.2. The summed E-state index contributed by atoms with van der Waals surface area (Å²) in [7, 11) is 2.96. The largest absolute Gasteiger partial charge is 0.493 e. The van der Waals surface area contributed by atoms with E-state index in [-0.39, 0.29) is 11.1 Å². The highest BCUT2D eigenvalue weighted by Crippen LogP contribution is 2.38. The first-order chi connectivity index (χ1) is 9.70. The number of nitro benzene ring substituents is 1. The molecule has 6 nitrogen and oxygen atoms in total. The molecule has 0 aliphatic heterocycles. The molecule has 0 bridgehead atoms. The SMILES string of the molecule is COc1cc(NCC(C)C(C)(C)C)c([N+](=O)[O-])cc1OC. The minimum Gasteiger partial charge on any atom is -0.493 e. The van der Waals surface area contributed by atoms with Crippen LogP contribution >= 0.6 is 0 Å². The third-order valence-electron chi connectivity index (χ3n) is 3.78. The van der Waals surface area contributed by atoms with Gasteiger partial charge in [0.15, 0.2) is 11.5 Å². The second-order valence-corrected chi connectivity index (χ2v) is 6.13. The molecule has 0 amide bonds. The van der Waals surface area contributed by atoms with Crippen LogP contribution in [-0.4, -0.2) is 25.7 Å². The van der Waals surface area contributed by atoms with Crippen molar-refractivity contribution in [3.05, 3.63) is 22.2 Å². The zero-order valence-electron chi connectivity index (χ0n) is 13.5. The Labute approximate surface area is 125 Å². The molecular weight excluding hydrogens is 272 g/mol. The van der Waals surface area contributed by atoms with Crippen LogP contribution in [0.1, 0.15) is 27.7 Å². The van der Waals surface area contributed by atoms with E-state index < -0.39 is 4.92 Å². The van der Waals surface area contributed by atoms with Crippen LogP contribution in [-0.2, 0) is 0 Å². The first-order valence-electron chi connectivity index (χ1n) is 6.85.